The van der Waals surface area contributed by atoms with E-state index in [-0.39, 0.29) is 24.6 Å². The number of methoxy groups -OCH3 is 1. The maximum atomic E-state index is 12.2. The molecule has 0 saturated carbocycles. The molecule has 7 heteroatoms. The predicted octanol–water partition coefficient (Wildman–Crippen LogP) is 3.36. The molecular weight excluding hydrogens is 322 g/mol. The fraction of sp³-hybridized carbons (Fsp3) is 0.333. The van der Waals surface area contributed by atoms with E-state index in [4.69, 9.17) is 9.15 Å². The van der Waals surface area contributed by atoms with Gasteiger partial charge >= 0.3 is 6.03 Å². The first-order valence-corrected chi connectivity index (χ1v) is 7.92. The third-order valence-electron chi connectivity index (χ3n) is 3.57. The van der Waals surface area contributed by atoms with E-state index in [0.29, 0.717) is 11.4 Å². The average molecular weight is 345 g/mol. The van der Waals surface area contributed by atoms with Crippen LogP contribution in [0.25, 0.3) is 0 Å². The Kier molecular flexibility index (Phi) is 6.19. The molecule has 0 bridgehead atoms. The SMILES string of the molecule is COCC(=O)Nc1cccc(NC(=O)N[C@@H](C)c2cc(C)oc2C)c1. The highest BCUT2D eigenvalue weighted by Crippen LogP contribution is 2.21. The largest absolute Gasteiger partial charge is 0.466 e. The summed E-state index contributed by atoms with van der Waals surface area (Å²) in [6.07, 6.45) is 0. The van der Waals surface area contributed by atoms with Crippen LogP contribution >= 0.6 is 0 Å². The summed E-state index contributed by atoms with van der Waals surface area (Å²) in [6.45, 7) is 5.59. The number of benzene rings is 1. The van der Waals surface area contributed by atoms with Crippen LogP contribution in [0.3, 0.4) is 0 Å². The quantitative estimate of drug-likeness (QED) is 0.748. The molecule has 3 N–H and O–H groups in total. The first-order valence-electron chi connectivity index (χ1n) is 7.92. The van der Waals surface area contributed by atoms with Crippen LogP contribution < -0.4 is 16.0 Å². The lowest BCUT2D eigenvalue weighted by Gasteiger charge is -2.14. The number of amides is 3. The molecule has 7 nitrogen and oxygen atoms in total. The summed E-state index contributed by atoms with van der Waals surface area (Å²) in [7, 11) is 1.45. The minimum atomic E-state index is -0.342. The highest BCUT2D eigenvalue weighted by atomic mass is 16.5. The smallest absolute Gasteiger partial charge is 0.319 e. The van der Waals surface area contributed by atoms with Crippen LogP contribution in [-0.4, -0.2) is 25.7 Å². The van der Waals surface area contributed by atoms with Gasteiger partial charge in [-0.1, -0.05) is 6.07 Å². The second kappa shape index (κ2) is 8.34. The van der Waals surface area contributed by atoms with E-state index in [2.05, 4.69) is 16.0 Å². The number of nitrogens with one attached hydrogen (secondary N) is 3. The zero-order valence-corrected chi connectivity index (χ0v) is 14.8. The average Bonchev–Trinajstić information content (AvgIpc) is 2.86. The second-order valence-electron chi connectivity index (χ2n) is 5.75. The summed E-state index contributed by atoms with van der Waals surface area (Å²) in [5.74, 6) is 1.33. The van der Waals surface area contributed by atoms with Gasteiger partial charge in [0.05, 0.1) is 6.04 Å². The van der Waals surface area contributed by atoms with Gasteiger partial charge in [-0.15, -0.1) is 0 Å². The van der Waals surface area contributed by atoms with Gasteiger partial charge in [0, 0.05) is 24.0 Å². The lowest BCUT2D eigenvalue weighted by atomic mass is 10.1. The maximum Gasteiger partial charge on any atom is 0.319 e. The van der Waals surface area contributed by atoms with Crippen molar-refractivity contribution in [3.8, 4) is 0 Å². The number of rotatable bonds is 6. The van der Waals surface area contributed by atoms with E-state index in [0.717, 1.165) is 17.1 Å². The fourth-order valence-corrected chi connectivity index (χ4v) is 2.52. The van der Waals surface area contributed by atoms with Crippen molar-refractivity contribution in [2.45, 2.75) is 26.8 Å². The number of urea groups is 1. The molecule has 1 aromatic carbocycles. The van der Waals surface area contributed by atoms with Crippen LogP contribution in [0.4, 0.5) is 16.2 Å². The molecule has 2 rings (SSSR count). The van der Waals surface area contributed by atoms with E-state index in [9.17, 15) is 9.59 Å². The normalized spacial score (nSPS) is 11.7. The van der Waals surface area contributed by atoms with Crippen molar-refractivity contribution in [2.24, 2.45) is 0 Å². The number of ether oxygens (including phenoxy) is 1. The van der Waals surface area contributed by atoms with Crippen LogP contribution in [0.1, 0.15) is 30.0 Å². The summed E-state index contributed by atoms with van der Waals surface area (Å²) in [5, 5.41) is 8.30. The number of carbonyl (C=O) groups is 2. The number of aryl methyl sites for hydroxylation is 2. The van der Waals surface area contributed by atoms with E-state index in [1.807, 2.05) is 26.8 Å². The molecule has 1 aromatic heterocycles. The Bertz CT molecular complexity index is 755. The van der Waals surface area contributed by atoms with Gasteiger partial charge in [0.2, 0.25) is 5.91 Å². The van der Waals surface area contributed by atoms with E-state index < -0.39 is 0 Å². The maximum absolute atomic E-state index is 12.2. The monoisotopic (exact) mass is 345 g/mol. The van der Waals surface area contributed by atoms with Crippen molar-refractivity contribution in [1.29, 1.82) is 0 Å². The van der Waals surface area contributed by atoms with E-state index in [1.165, 1.54) is 7.11 Å². The zero-order chi connectivity index (χ0) is 18.4. The Morgan fingerprint density at radius 2 is 1.84 bits per heavy atom. The highest BCUT2D eigenvalue weighted by Gasteiger charge is 2.15. The summed E-state index contributed by atoms with van der Waals surface area (Å²) in [4.78, 5) is 23.7. The summed E-state index contributed by atoms with van der Waals surface area (Å²) < 4.78 is 10.3. The molecule has 134 valence electrons. The summed E-state index contributed by atoms with van der Waals surface area (Å²) >= 11 is 0. The van der Waals surface area contributed by atoms with Crippen molar-refractivity contribution >= 4 is 23.3 Å². The van der Waals surface area contributed by atoms with Gasteiger partial charge in [-0.3, -0.25) is 4.79 Å². The molecule has 0 aliphatic rings. The molecule has 0 aliphatic carbocycles. The van der Waals surface area contributed by atoms with Gasteiger partial charge < -0.3 is 25.1 Å². The minimum absolute atomic E-state index is 0.0286. The van der Waals surface area contributed by atoms with E-state index in [1.54, 1.807) is 24.3 Å². The molecule has 2 aromatic rings. The Hall–Kier alpha value is -2.80. The summed E-state index contributed by atoms with van der Waals surface area (Å²) in [6, 6.07) is 8.26. The van der Waals surface area contributed by atoms with E-state index >= 15 is 0 Å². The number of anilines is 2. The Morgan fingerprint density at radius 1 is 1.16 bits per heavy atom. The summed E-state index contributed by atoms with van der Waals surface area (Å²) in [5.41, 5.74) is 2.09. The number of carbonyl (C=O) groups excluding carboxylic acids is 2. The van der Waals surface area contributed by atoms with Crippen LogP contribution in [0.5, 0.6) is 0 Å². The number of hydrogen-bond donors (Lipinski definition) is 3. The first kappa shape index (κ1) is 18.5. The Labute approximate surface area is 146 Å². The van der Waals surface area contributed by atoms with Gasteiger partial charge in [0.25, 0.3) is 0 Å². The molecular formula is C18H23N3O4. The van der Waals surface area contributed by atoms with Crippen molar-refractivity contribution in [3.05, 3.63) is 47.4 Å². The fourth-order valence-electron chi connectivity index (χ4n) is 2.52. The zero-order valence-electron chi connectivity index (χ0n) is 14.8. The van der Waals surface area contributed by atoms with Crippen molar-refractivity contribution < 1.29 is 18.7 Å². The Balaban J connectivity index is 1.96. The van der Waals surface area contributed by atoms with Gasteiger partial charge in [0.15, 0.2) is 0 Å². The van der Waals surface area contributed by atoms with Gasteiger partial charge in [-0.25, -0.2) is 4.79 Å². The van der Waals surface area contributed by atoms with Crippen LogP contribution in [0, 0.1) is 13.8 Å². The van der Waals surface area contributed by atoms with Crippen LogP contribution in [-0.2, 0) is 9.53 Å². The Morgan fingerprint density at radius 3 is 2.44 bits per heavy atom. The standard InChI is InChI=1S/C18H23N3O4/c1-11-8-16(13(3)25-11)12(2)19-18(23)21-15-7-5-6-14(9-15)20-17(22)10-24-4/h5-9,12H,10H2,1-4H3,(H,20,22)(H2,19,21,23)/t12-/m0/s1. The van der Waals surface area contributed by atoms with Gasteiger partial charge in [-0.2, -0.15) is 0 Å². The molecule has 0 fully saturated rings. The first-order chi connectivity index (χ1) is 11.9. The third kappa shape index (κ3) is 5.36. The third-order valence-corrected chi connectivity index (χ3v) is 3.57. The number of hydrogen-bond acceptors (Lipinski definition) is 4. The topological polar surface area (TPSA) is 92.6 Å². The second-order valence-corrected chi connectivity index (χ2v) is 5.75. The van der Waals surface area contributed by atoms with Crippen LogP contribution in [0.15, 0.2) is 34.7 Å². The molecule has 0 spiro atoms. The molecule has 1 heterocycles. The van der Waals surface area contributed by atoms with Crippen molar-refractivity contribution in [1.82, 2.24) is 5.32 Å². The predicted molar refractivity (Wildman–Crippen MR) is 95.7 cm³/mol. The molecule has 3 amide bonds. The molecule has 25 heavy (non-hydrogen) atoms. The van der Waals surface area contributed by atoms with Gasteiger partial charge in [0.1, 0.15) is 18.1 Å². The molecule has 0 radical (unpaired) electrons. The minimum Gasteiger partial charge on any atom is -0.466 e. The highest BCUT2D eigenvalue weighted by molar-refractivity contribution is 5.94. The van der Waals surface area contributed by atoms with Gasteiger partial charge in [-0.05, 0) is 45.0 Å². The molecule has 0 unspecified atom stereocenters. The van der Waals surface area contributed by atoms with Crippen LogP contribution in [0.2, 0.25) is 0 Å². The lowest BCUT2D eigenvalue weighted by Crippen LogP contribution is -2.31. The van der Waals surface area contributed by atoms with Crippen molar-refractivity contribution in [3.63, 3.8) is 0 Å². The van der Waals surface area contributed by atoms with Crippen molar-refractivity contribution in [2.75, 3.05) is 24.4 Å². The molecule has 0 saturated heterocycles. The lowest BCUT2D eigenvalue weighted by molar-refractivity contribution is -0.119. The molecule has 0 aliphatic heterocycles. The molecule has 1 atom stereocenters. The number of furan rings is 1.